The second-order valence-electron chi connectivity index (χ2n) is 32.4. The van der Waals surface area contributed by atoms with Crippen LogP contribution in [0.4, 0.5) is 4.79 Å². The van der Waals surface area contributed by atoms with E-state index in [-0.39, 0.29) is 68.1 Å². The molecule has 0 spiro atoms. The highest BCUT2D eigenvalue weighted by Crippen LogP contribution is 2.27. The molecule has 13 atom stereocenters. The number of hydrogen-bond donors (Lipinski definition) is 6. The molecule has 104 heavy (non-hydrogen) atoms. The molecule has 0 radical (unpaired) electrons. The largest absolute Gasteiger partial charge is 0.444 e. The average Bonchev–Trinajstić information content (AvgIpc) is 0.805. The molecule has 28 nitrogen and oxygen atoms in total. The minimum atomic E-state index is -1.69. The van der Waals surface area contributed by atoms with Crippen LogP contribution in [0.2, 0.25) is 0 Å². The molecule has 12 amide bonds. The monoisotopic (exact) mass is 1490 g/mol. The maximum absolute atomic E-state index is 15.6. The number of amides is 12. The number of carbonyl (C=O) groups excluding carboxylic acids is 12. The van der Waals surface area contributed by atoms with Gasteiger partial charge in [0.25, 0.3) is 0 Å². The van der Waals surface area contributed by atoms with Gasteiger partial charge in [-0.1, -0.05) is 95.2 Å². The second kappa shape index (κ2) is 42.1. The van der Waals surface area contributed by atoms with Crippen molar-refractivity contribution in [1.82, 2.24) is 65.4 Å². The summed E-state index contributed by atoms with van der Waals surface area (Å²) in [7, 11) is 9.83. The van der Waals surface area contributed by atoms with Crippen LogP contribution in [-0.4, -0.2) is 303 Å². The molecule has 0 bridgehead atoms. The number of ether oxygens (including phenoxy) is 1. The number of likely N-dealkylation sites (N-methyl/N-ethyl adjacent to an activating group) is 7. The summed E-state index contributed by atoms with van der Waals surface area (Å²) in [6.07, 6.45) is 2.46. The fraction of sp³-hybridized carbons (Fsp3) is 0.813. The zero-order valence-electron chi connectivity index (χ0n) is 68.1. The highest BCUT2D eigenvalue weighted by molar-refractivity contribution is 7.99. The maximum Gasteiger partial charge on any atom is 0.410 e. The van der Waals surface area contributed by atoms with E-state index in [2.05, 4.69) is 26.2 Å². The molecule has 0 aliphatic carbocycles. The molecule has 0 saturated carbocycles. The van der Waals surface area contributed by atoms with E-state index < -0.39 is 166 Å². The molecule has 2 aliphatic heterocycles. The van der Waals surface area contributed by atoms with Gasteiger partial charge in [0.2, 0.25) is 65.0 Å². The number of thioether (sulfide) groups is 1. The van der Waals surface area contributed by atoms with Crippen molar-refractivity contribution >= 4 is 82.8 Å². The van der Waals surface area contributed by atoms with Gasteiger partial charge in [0.1, 0.15) is 72.1 Å². The van der Waals surface area contributed by atoms with E-state index in [1.165, 1.54) is 113 Å². The van der Waals surface area contributed by atoms with Gasteiger partial charge in [-0.15, -0.1) is 0 Å². The van der Waals surface area contributed by atoms with Gasteiger partial charge < -0.3 is 75.4 Å². The number of rotatable bonds is 21. The summed E-state index contributed by atoms with van der Waals surface area (Å²) >= 11 is 1.37. The number of aliphatic hydroxyl groups excluding tert-OH is 1. The Balaban J connectivity index is 3.08. The van der Waals surface area contributed by atoms with E-state index in [0.29, 0.717) is 44.9 Å². The molecule has 0 aromatic rings. The van der Waals surface area contributed by atoms with Gasteiger partial charge in [-0.25, -0.2) is 4.79 Å². The first-order valence-corrected chi connectivity index (χ1v) is 38.5. The molecular formula is C75H135N13O15S. The van der Waals surface area contributed by atoms with E-state index >= 15 is 33.6 Å². The Bertz CT molecular complexity index is 2910. The van der Waals surface area contributed by atoms with Crippen molar-refractivity contribution in [3.05, 3.63) is 12.2 Å². The SMILES string of the molecule is C/C=C/C[C@@H](C)[C@@H](O)[C@H]1C(=O)N[C@@H](CC)C(=O)N(C)[C@H](CSCCCN2CCN(C(=O)OC(C)(C)C)CC2)C(=O)N(C)[C@@H](CC(C)(C)O)C(=O)N[C@@H](C(C)C)C(=O)N(C)[C@@H](CC(C)C)C(=O)N[C@@H](C)C(=O)N[C@H](C)C(=O)N(C)[C@@H](CC(C)C)C(=O)N(C)[C@@H](CC(C)C)C(=O)N(C)[C@@H](C(C)C)C(=O)N1C. The van der Waals surface area contributed by atoms with Crippen molar-refractivity contribution in [1.29, 1.82) is 0 Å². The van der Waals surface area contributed by atoms with E-state index in [9.17, 15) is 34.2 Å². The fourth-order valence-electron chi connectivity index (χ4n) is 13.0. The van der Waals surface area contributed by atoms with Gasteiger partial charge in [0, 0.05) is 87.7 Å². The van der Waals surface area contributed by atoms with Crippen LogP contribution in [0, 0.1) is 35.5 Å². The van der Waals surface area contributed by atoms with Crippen LogP contribution in [0.1, 0.15) is 183 Å². The Hall–Kier alpha value is -6.59. The van der Waals surface area contributed by atoms with E-state index in [0.717, 1.165) is 9.80 Å². The molecule has 2 saturated heterocycles. The minimum absolute atomic E-state index is 0.0326. The van der Waals surface area contributed by atoms with Crippen LogP contribution < -0.4 is 21.3 Å². The number of nitrogens with zero attached hydrogens (tertiary/aromatic N) is 9. The predicted octanol–water partition coefficient (Wildman–Crippen LogP) is 4.43. The molecule has 2 fully saturated rings. The number of allylic oxidation sites excluding steroid dienone is 2. The maximum atomic E-state index is 15.6. The highest BCUT2D eigenvalue weighted by atomic mass is 32.2. The predicted molar refractivity (Wildman–Crippen MR) is 405 cm³/mol. The Morgan fingerprint density at radius 2 is 0.990 bits per heavy atom. The third-order valence-corrected chi connectivity index (χ3v) is 20.6. The van der Waals surface area contributed by atoms with Crippen LogP contribution in [0.25, 0.3) is 0 Å². The number of piperazine rings is 1. The smallest absolute Gasteiger partial charge is 0.410 e. The standard InChI is InChI=1S/C75H135N13O15S/c1-28-30-32-49(13)61(89)60-65(93)78-52(29-2)67(95)84(25)57(43-104-38-31-33-87-34-36-88(37-35-87)73(101)103-74(16,17)18)70(98)83(24)56(42-75(19,20)102)64(92)79-58(47(9)10)71(99)80(21)53(39-44(3)4)63(91)76-50(14)62(90)77-51(15)66(94)81(22)54(40-45(5)6)68(96)82(23)55(41-46(7)8)69(97)85(26)59(48(11)12)72(100)86(60)27/h28,30,44-61,89,102H,29,31-43H2,1-27H3,(H,76,91)(H,77,90)(H,78,93)(H,79,92)/b30-28+/t49-,50+,51-,52+,53+,54+,55+,56+,57-,58+,59+,60+,61-/m1/s1. The number of carbonyl (C=O) groups is 12. The summed E-state index contributed by atoms with van der Waals surface area (Å²) in [5.41, 5.74) is -2.26. The molecular weight excluding hydrogens is 1350 g/mol. The lowest BCUT2D eigenvalue weighted by Crippen LogP contribution is -2.64. The zero-order chi connectivity index (χ0) is 80.1. The first-order chi connectivity index (χ1) is 48.0. The van der Waals surface area contributed by atoms with Gasteiger partial charge in [-0.05, 0) is 142 Å². The fourth-order valence-corrected chi connectivity index (χ4v) is 14.1. The third kappa shape index (κ3) is 27.6. The van der Waals surface area contributed by atoms with Gasteiger partial charge in [-0.2, -0.15) is 11.8 Å². The summed E-state index contributed by atoms with van der Waals surface area (Å²) < 4.78 is 5.59. The quantitative estimate of drug-likeness (QED) is 0.0684. The van der Waals surface area contributed by atoms with Crippen molar-refractivity contribution in [2.24, 2.45) is 35.5 Å². The molecule has 2 heterocycles. The molecule has 596 valence electrons. The Labute approximate surface area is 626 Å². The van der Waals surface area contributed by atoms with Gasteiger partial charge in [0.15, 0.2) is 0 Å². The topological polar surface area (TPSA) is 332 Å². The first-order valence-electron chi connectivity index (χ1n) is 37.4. The Morgan fingerprint density at radius 3 is 1.47 bits per heavy atom. The van der Waals surface area contributed by atoms with Crippen LogP contribution in [0.5, 0.6) is 0 Å². The lowest BCUT2D eigenvalue weighted by Gasteiger charge is -2.41. The molecule has 29 heteroatoms. The van der Waals surface area contributed by atoms with E-state index in [4.69, 9.17) is 4.74 Å². The lowest BCUT2D eigenvalue weighted by atomic mass is 9.91. The molecule has 0 aromatic heterocycles. The van der Waals surface area contributed by atoms with Crippen molar-refractivity contribution in [3.8, 4) is 0 Å². The number of nitrogens with one attached hydrogen (secondary N) is 4. The average molecular weight is 1490 g/mol. The summed E-state index contributed by atoms with van der Waals surface area (Å²) in [6, 6.07) is -14.7. The molecule has 6 N–H and O–H groups in total. The molecule has 2 rings (SSSR count). The van der Waals surface area contributed by atoms with E-state index in [1.54, 1.807) is 65.5 Å². The lowest BCUT2D eigenvalue weighted by molar-refractivity contribution is -0.157. The molecule has 0 unspecified atom stereocenters. The first kappa shape index (κ1) is 93.5. The summed E-state index contributed by atoms with van der Waals surface area (Å²) in [6.45, 7) is 37.1. The summed E-state index contributed by atoms with van der Waals surface area (Å²) in [5, 5.41) is 35.0. The van der Waals surface area contributed by atoms with Crippen LogP contribution >= 0.6 is 11.8 Å². The zero-order valence-corrected chi connectivity index (χ0v) is 68.9. The van der Waals surface area contributed by atoms with E-state index in [1.807, 2.05) is 62.3 Å². The van der Waals surface area contributed by atoms with Gasteiger partial charge in [-0.3, -0.25) is 57.6 Å². The number of aliphatic hydroxyl groups is 2. The molecule has 2 aliphatic rings. The van der Waals surface area contributed by atoms with Crippen LogP contribution in [0.15, 0.2) is 12.2 Å². The minimum Gasteiger partial charge on any atom is -0.444 e. The highest BCUT2D eigenvalue weighted by Gasteiger charge is 2.47. The van der Waals surface area contributed by atoms with Crippen molar-refractivity contribution in [3.63, 3.8) is 0 Å². The molecule has 0 aromatic carbocycles. The Morgan fingerprint density at radius 1 is 0.538 bits per heavy atom. The van der Waals surface area contributed by atoms with Crippen molar-refractivity contribution in [2.45, 2.75) is 267 Å². The second-order valence-corrected chi connectivity index (χ2v) is 33.6. The summed E-state index contributed by atoms with van der Waals surface area (Å²) in [5.74, 6) is -10.1. The normalized spacial score (nSPS) is 26.2. The van der Waals surface area contributed by atoms with Gasteiger partial charge in [0.05, 0.1) is 11.7 Å². The summed E-state index contributed by atoms with van der Waals surface area (Å²) in [4.78, 5) is 191. The Kier molecular flexibility index (Phi) is 37.8. The van der Waals surface area contributed by atoms with Crippen molar-refractivity contribution < 1.29 is 72.5 Å². The number of hydrogen-bond acceptors (Lipinski definition) is 17. The van der Waals surface area contributed by atoms with Crippen LogP contribution in [-0.2, 0) is 57.5 Å². The van der Waals surface area contributed by atoms with Crippen LogP contribution in [0.3, 0.4) is 0 Å². The van der Waals surface area contributed by atoms with Gasteiger partial charge >= 0.3 is 6.09 Å². The van der Waals surface area contributed by atoms with Crippen molar-refractivity contribution in [2.75, 3.05) is 93.6 Å². The third-order valence-electron chi connectivity index (χ3n) is 19.4.